The number of hydrogen-bond donors (Lipinski definition) is 2. The molecule has 0 heterocycles. The van der Waals surface area contributed by atoms with Gasteiger partial charge in [0.15, 0.2) is 11.6 Å². The molecule has 0 saturated heterocycles. The van der Waals surface area contributed by atoms with Crippen LogP contribution in [-0.4, -0.2) is 23.3 Å². The van der Waals surface area contributed by atoms with Gasteiger partial charge in [0, 0.05) is 5.46 Å². The Morgan fingerprint density at radius 3 is 2.47 bits per heavy atom. The van der Waals surface area contributed by atoms with Gasteiger partial charge in [0.25, 0.3) is 0 Å². The number of benzene rings is 1. The lowest BCUT2D eigenvalue weighted by Gasteiger charge is -2.14. The van der Waals surface area contributed by atoms with Crippen molar-refractivity contribution in [2.45, 2.75) is 20.0 Å². The lowest BCUT2D eigenvalue weighted by molar-refractivity contribution is 0.231. The molecule has 0 saturated carbocycles. The molecule has 0 aromatic heterocycles. The van der Waals surface area contributed by atoms with Crippen LogP contribution in [0, 0.1) is 5.82 Å². The quantitative estimate of drug-likeness (QED) is 0.763. The number of rotatable bonds is 3. The van der Waals surface area contributed by atoms with Gasteiger partial charge >= 0.3 is 7.12 Å². The molecule has 0 atom stereocenters. The van der Waals surface area contributed by atoms with Crippen LogP contribution in [0.4, 0.5) is 4.39 Å². The monoisotopic (exact) mass is 232 g/mol. The van der Waals surface area contributed by atoms with Gasteiger partial charge in [-0.15, -0.1) is 0 Å². The minimum Gasteiger partial charge on any atom is -0.486 e. The van der Waals surface area contributed by atoms with Crippen LogP contribution in [0.15, 0.2) is 12.1 Å². The molecule has 0 amide bonds. The van der Waals surface area contributed by atoms with Crippen molar-refractivity contribution in [2.75, 3.05) is 0 Å². The van der Waals surface area contributed by atoms with E-state index in [1.165, 1.54) is 6.07 Å². The van der Waals surface area contributed by atoms with Crippen molar-refractivity contribution in [2.24, 2.45) is 0 Å². The molecule has 82 valence electrons. The van der Waals surface area contributed by atoms with E-state index in [0.29, 0.717) is 0 Å². The molecule has 0 unspecified atom stereocenters. The molecule has 6 heteroatoms. The normalized spacial score (nSPS) is 10.6. The minimum absolute atomic E-state index is 0.0220. The summed E-state index contributed by atoms with van der Waals surface area (Å²) in [5.41, 5.74) is 0.0220. The first-order valence-electron chi connectivity index (χ1n) is 4.44. The van der Waals surface area contributed by atoms with Gasteiger partial charge in [-0.2, -0.15) is 0 Å². The highest BCUT2D eigenvalue weighted by Crippen LogP contribution is 2.27. The Balaban J connectivity index is 3.18. The van der Waals surface area contributed by atoms with Gasteiger partial charge in [0.05, 0.1) is 11.1 Å². The summed E-state index contributed by atoms with van der Waals surface area (Å²) in [6.07, 6.45) is -0.247. The van der Waals surface area contributed by atoms with Gasteiger partial charge in [-0.25, -0.2) is 4.39 Å². The smallest absolute Gasteiger partial charge is 0.486 e. The summed E-state index contributed by atoms with van der Waals surface area (Å²) in [6, 6.07) is 2.29. The van der Waals surface area contributed by atoms with Gasteiger partial charge < -0.3 is 14.8 Å². The highest BCUT2D eigenvalue weighted by Gasteiger charge is 2.21. The second kappa shape index (κ2) is 4.83. The summed E-state index contributed by atoms with van der Waals surface area (Å²) in [6.45, 7) is 3.44. The Morgan fingerprint density at radius 1 is 1.40 bits per heavy atom. The van der Waals surface area contributed by atoms with E-state index >= 15 is 0 Å². The maximum atomic E-state index is 13.3. The van der Waals surface area contributed by atoms with Gasteiger partial charge in [0.2, 0.25) is 0 Å². The number of halogens is 2. The highest BCUT2D eigenvalue weighted by atomic mass is 35.5. The Hall–Kier alpha value is -0.775. The van der Waals surface area contributed by atoms with Crippen LogP contribution >= 0.6 is 11.6 Å². The van der Waals surface area contributed by atoms with Crippen molar-refractivity contribution in [3.05, 3.63) is 23.0 Å². The maximum absolute atomic E-state index is 13.3. The highest BCUT2D eigenvalue weighted by molar-refractivity contribution is 6.63. The molecule has 0 aliphatic carbocycles. The van der Waals surface area contributed by atoms with E-state index in [2.05, 4.69) is 0 Å². The third-order valence-corrected chi connectivity index (χ3v) is 2.10. The van der Waals surface area contributed by atoms with E-state index in [0.717, 1.165) is 6.07 Å². The van der Waals surface area contributed by atoms with Crippen molar-refractivity contribution >= 4 is 24.2 Å². The van der Waals surface area contributed by atoms with Crippen molar-refractivity contribution < 1.29 is 19.2 Å². The summed E-state index contributed by atoms with van der Waals surface area (Å²) >= 11 is 5.77. The molecule has 0 bridgehead atoms. The second-order valence-electron chi connectivity index (χ2n) is 3.32. The third kappa shape index (κ3) is 2.84. The first-order valence-corrected chi connectivity index (χ1v) is 4.82. The van der Waals surface area contributed by atoms with E-state index in [1.54, 1.807) is 13.8 Å². The van der Waals surface area contributed by atoms with Crippen LogP contribution in [0.5, 0.6) is 5.75 Å². The van der Waals surface area contributed by atoms with E-state index in [1.807, 2.05) is 0 Å². The topological polar surface area (TPSA) is 49.7 Å². The molecule has 0 radical (unpaired) electrons. The summed E-state index contributed by atoms with van der Waals surface area (Å²) in [5.74, 6) is -0.782. The molecule has 0 fully saturated rings. The summed E-state index contributed by atoms with van der Waals surface area (Å²) in [4.78, 5) is 0. The van der Waals surface area contributed by atoms with Crippen molar-refractivity contribution in [1.29, 1.82) is 0 Å². The molecule has 15 heavy (non-hydrogen) atoms. The fraction of sp³-hybridized carbons (Fsp3) is 0.333. The zero-order valence-corrected chi connectivity index (χ0v) is 9.12. The average Bonchev–Trinajstić information content (AvgIpc) is 2.11. The summed E-state index contributed by atoms with van der Waals surface area (Å²) in [5, 5.41) is 17.8. The van der Waals surface area contributed by atoms with Crippen LogP contribution in [0.1, 0.15) is 13.8 Å². The molecule has 3 nitrogen and oxygen atoms in total. The largest absolute Gasteiger partial charge is 0.490 e. The molecule has 1 rings (SSSR count). The predicted molar refractivity (Wildman–Crippen MR) is 57.0 cm³/mol. The third-order valence-electron chi connectivity index (χ3n) is 1.71. The molecule has 0 aliphatic rings. The summed E-state index contributed by atoms with van der Waals surface area (Å²) in [7, 11) is -1.74. The van der Waals surface area contributed by atoms with E-state index < -0.39 is 12.9 Å². The zero-order valence-electron chi connectivity index (χ0n) is 8.37. The van der Waals surface area contributed by atoms with Gasteiger partial charge in [0.1, 0.15) is 0 Å². The number of ether oxygens (including phenoxy) is 1. The van der Waals surface area contributed by atoms with Crippen molar-refractivity contribution in [3.8, 4) is 5.75 Å². The van der Waals surface area contributed by atoms with Gasteiger partial charge in [-0.1, -0.05) is 17.7 Å². The molecular formula is C9H11BClFO3. The van der Waals surface area contributed by atoms with Crippen LogP contribution < -0.4 is 10.2 Å². The Kier molecular flexibility index (Phi) is 3.96. The fourth-order valence-corrected chi connectivity index (χ4v) is 1.39. The van der Waals surface area contributed by atoms with E-state index in [4.69, 9.17) is 26.4 Å². The standard InChI is InChI=1S/C9H11BClFO3/c1-5(2)15-9-7(12)4-3-6(8(9)11)10(13)14/h3-5,13-14H,1-2H3. The van der Waals surface area contributed by atoms with Gasteiger partial charge in [-0.05, 0) is 19.9 Å². The van der Waals surface area contributed by atoms with Gasteiger partial charge in [-0.3, -0.25) is 0 Å². The molecule has 1 aromatic rings. The fourth-order valence-electron chi connectivity index (χ4n) is 1.09. The molecule has 1 aromatic carbocycles. The lowest BCUT2D eigenvalue weighted by atomic mass is 9.80. The molecule has 0 spiro atoms. The molecular weight excluding hydrogens is 221 g/mol. The molecule has 2 N–H and O–H groups in total. The van der Waals surface area contributed by atoms with E-state index in [9.17, 15) is 4.39 Å². The first kappa shape index (κ1) is 12.3. The number of hydrogen-bond acceptors (Lipinski definition) is 3. The Bertz CT molecular complexity index is 357. The predicted octanol–water partition coefficient (Wildman–Crippen LogP) is 0.946. The zero-order chi connectivity index (χ0) is 11.6. The van der Waals surface area contributed by atoms with Crippen LogP contribution in [0.2, 0.25) is 5.02 Å². The minimum atomic E-state index is -1.74. The SMILES string of the molecule is CC(C)Oc1c(F)ccc(B(O)O)c1Cl. The lowest BCUT2D eigenvalue weighted by Crippen LogP contribution is -2.31. The van der Waals surface area contributed by atoms with E-state index in [-0.39, 0.29) is 22.3 Å². The summed E-state index contributed by atoms with van der Waals surface area (Å²) < 4.78 is 18.4. The van der Waals surface area contributed by atoms with Crippen LogP contribution in [0.3, 0.4) is 0 Å². The van der Waals surface area contributed by atoms with Crippen molar-refractivity contribution in [3.63, 3.8) is 0 Å². The van der Waals surface area contributed by atoms with Crippen LogP contribution in [-0.2, 0) is 0 Å². The average molecular weight is 232 g/mol. The van der Waals surface area contributed by atoms with Crippen LogP contribution in [0.25, 0.3) is 0 Å². The maximum Gasteiger partial charge on any atom is 0.490 e. The Labute approximate surface area is 92.6 Å². The Morgan fingerprint density at radius 2 is 2.00 bits per heavy atom. The molecule has 0 aliphatic heterocycles. The second-order valence-corrected chi connectivity index (χ2v) is 3.70. The first-order chi connectivity index (χ1) is 6.93. The van der Waals surface area contributed by atoms with Crippen molar-refractivity contribution in [1.82, 2.24) is 0 Å².